The minimum Gasteiger partial charge on any atom is -0.360 e. The SMILES string of the molecule is CC(C)NC(=S)N1CC(C)N(C)C(C)C1. The van der Waals surface area contributed by atoms with Crippen molar-refractivity contribution in [3.05, 3.63) is 0 Å². The number of nitrogens with one attached hydrogen (secondary N) is 1. The zero-order valence-electron chi connectivity index (χ0n) is 10.4. The molecule has 0 aromatic rings. The van der Waals surface area contributed by atoms with Gasteiger partial charge in [-0.15, -0.1) is 0 Å². The van der Waals surface area contributed by atoms with Gasteiger partial charge in [-0.3, -0.25) is 4.90 Å². The lowest BCUT2D eigenvalue weighted by atomic mass is 10.1. The molecule has 0 spiro atoms. The summed E-state index contributed by atoms with van der Waals surface area (Å²) in [5, 5.41) is 4.21. The third-order valence-electron chi connectivity index (χ3n) is 3.06. The van der Waals surface area contributed by atoms with E-state index < -0.39 is 0 Å². The number of piperazine rings is 1. The second-order valence-corrected chi connectivity index (χ2v) is 5.26. The van der Waals surface area contributed by atoms with Gasteiger partial charge in [0.15, 0.2) is 5.11 Å². The Morgan fingerprint density at radius 2 is 1.73 bits per heavy atom. The molecule has 2 unspecified atom stereocenters. The van der Waals surface area contributed by atoms with Crippen LogP contribution in [0.25, 0.3) is 0 Å². The van der Waals surface area contributed by atoms with Crippen LogP contribution < -0.4 is 5.32 Å². The molecule has 1 fully saturated rings. The molecule has 4 heteroatoms. The highest BCUT2D eigenvalue weighted by Gasteiger charge is 2.27. The second kappa shape index (κ2) is 5.12. The van der Waals surface area contributed by atoms with E-state index >= 15 is 0 Å². The highest BCUT2D eigenvalue weighted by Crippen LogP contribution is 2.13. The Morgan fingerprint density at radius 3 is 2.13 bits per heavy atom. The fourth-order valence-corrected chi connectivity index (χ4v) is 2.29. The van der Waals surface area contributed by atoms with E-state index in [-0.39, 0.29) is 0 Å². The van der Waals surface area contributed by atoms with Gasteiger partial charge in [-0.2, -0.15) is 0 Å². The van der Waals surface area contributed by atoms with Gasteiger partial charge < -0.3 is 10.2 Å². The zero-order valence-corrected chi connectivity index (χ0v) is 11.3. The molecule has 0 saturated carbocycles. The molecule has 0 amide bonds. The molecule has 1 aliphatic heterocycles. The Balaban J connectivity index is 2.54. The van der Waals surface area contributed by atoms with Crippen LogP contribution >= 0.6 is 12.2 Å². The van der Waals surface area contributed by atoms with Gasteiger partial charge in [0, 0.05) is 31.2 Å². The highest BCUT2D eigenvalue weighted by molar-refractivity contribution is 7.80. The average Bonchev–Trinajstić information content (AvgIpc) is 2.12. The first kappa shape index (κ1) is 12.7. The van der Waals surface area contributed by atoms with Crippen molar-refractivity contribution < 1.29 is 0 Å². The summed E-state index contributed by atoms with van der Waals surface area (Å²) in [4.78, 5) is 4.69. The first-order valence-electron chi connectivity index (χ1n) is 5.69. The molecule has 2 atom stereocenters. The maximum absolute atomic E-state index is 5.39. The van der Waals surface area contributed by atoms with Crippen molar-refractivity contribution in [2.24, 2.45) is 0 Å². The summed E-state index contributed by atoms with van der Waals surface area (Å²) >= 11 is 5.39. The number of rotatable bonds is 1. The van der Waals surface area contributed by atoms with E-state index in [0.717, 1.165) is 18.2 Å². The first-order chi connectivity index (χ1) is 6.91. The van der Waals surface area contributed by atoms with Crippen LogP contribution in [0.1, 0.15) is 27.7 Å². The molecule has 0 aromatic heterocycles. The molecule has 1 heterocycles. The Morgan fingerprint density at radius 1 is 1.27 bits per heavy atom. The lowest BCUT2D eigenvalue weighted by Crippen LogP contribution is -2.58. The van der Waals surface area contributed by atoms with Gasteiger partial charge in [-0.25, -0.2) is 0 Å². The van der Waals surface area contributed by atoms with Crippen LogP contribution in [0.15, 0.2) is 0 Å². The van der Waals surface area contributed by atoms with Crippen molar-refractivity contribution in [2.75, 3.05) is 20.1 Å². The summed E-state index contributed by atoms with van der Waals surface area (Å²) in [6, 6.07) is 1.56. The largest absolute Gasteiger partial charge is 0.360 e. The second-order valence-electron chi connectivity index (χ2n) is 4.87. The standard InChI is InChI=1S/C11H23N3S/c1-8(2)12-11(15)14-6-9(3)13(5)10(4)7-14/h8-10H,6-7H2,1-5H3,(H,12,15). The van der Waals surface area contributed by atoms with Gasteiger partial charge in [-0.1, -0.05) is 0 Å². The summed E-state index contributed by atoms with van der Waals surface area (Å²) in [5.41, 5.74) is 0. The number of nitrogens with zero attached hydrogens (tertiary/aromatic N) is 2. The number of hydrogen-bond donors (Lipinski definition) is 1. The minimum absolute atomic E-state index is 0.419. The van der Waals surface area contributed by atoms with Crippen LogP contribution in [0, 0.1) is 0 Å². The molecule has 1 rings (SSSR count). The number of thiocarbonyl (C=S) groups is 1. The maximum Gasteiger partial charge on any atom is 0.169 e. The zero-order chi connectivity index (χ0) is 11.6. The summed E-state index contributed by atoms with van der Waals surface area (Å²) < 4.78 is 0. The molecular weight excluding hydrogens is 206 g/mol. The van der Waals surface area contributed by atoms with E-state index in [1.165, 1.54) is 0 Å². The Bertz CT molecular complexity index is 218. The van der Waals surface area contributed by atoms with Gasteiger partial charge in [0.1, 0.15) is 0 Å². The van der Waals surface area contributed by atoms with Gasteiger partial charge in [0.25, 0.3) is 0 Å². The van der Waals surface area contributed by atoms with E-state index in [1.54, 1.807) is 0 Å². The molecule has 0 aromatic carbocycles. The number of hydrogen-bond acceptors (Lipinski definition) is 2. The number of likely N-dealkylation sites (N-methyl/N-ethyl adjacent to an activating group) is 1. The Labute approximate surface area is 98.8 Å². The van der Waals surface area contributed by atoms with Crippen molar-refractivity contribution in [3.8, 4) is 0 Å². The van der Waals surface area contributed by atoms with Crippen LogP contribution in [-0.4, -0.2) is 53.2 Å². The van der Waals surface area contributed by atoms with E-state index in [4.69, 9.17) is 12.2 Å². The van der Waals surface area contributed by atoms with Crippen LogP contribution in [0.4, 0.5) is 0 Å². The molecule has 0 radical (unpaired) electrons. The first-order valence-corrected chi connectivity index (χ1v) is 6.10. The average molecular weight is 229 g/mol. The molecule has 1 aliphatic rings. The van der Waals surface area contributed by atoms with Crippen molar-refractivity contribution in [3.63, 3.8) is 0 Å². The third kappa shape index (κ3) is 3.31. The van der Waals surface area contributed by atoms with Crippen LogP contribution in [0.3, 0.4) is 0 Å². The molecule has 15 heavy (non-hydrogen) atoms. The van der Waals surface area contributed by atoms with E-state index in [0.29, 0.717) is 18.1 Å². The fourth-order valence-electron chi connectivity index (χ4n) is 1.91. The summed E-state index contributed by atoms with van der Waals surface area (Å²) in [6.07, 6.45) is 0. The molecule has 88 valence electrons. The van der Waals surface area contributed by atoms with Crippen molar-refractivity contribution in [2.45, 2.75) is 45.8 Å². The van der Waals surface area contributed by atoms with Crippen LogP contribution in [0.2, 0.25) is 0 Å². The quantitative estimate of drug-likeness (QED) is 0.683. The van der Waals surface area contributed by atoms with Gasteiger partial charge in [0.05, 0.1) is 0 Å². The van der Waals surface area contributed by atoms with Crippen molar-refractivity contribution in [1.82, 2.24) is 15.1 Å². The highest BCUT2D eigenvalue weighted by atomic mass is 32.1. The monoisotopic (exact) mass is 229 g/mol. The Kier molecular flexibility index (Phi) is 4.34. The molecule has 1 saturated heterocycles. The van der Waals surface area contributed by atoms with Crippen molar-refractivity contribution in [1.29, 1.82) is 0 Å². The molecule has 0 bridgehead atoms. The Hall–Kier alpha value is -0.350. The maximum atomic E-state index is 5.39. The van der Waals surface area contributed by atoms with Crippen molar-refractivity contribution >= 4 is 17.3 Å². The summed E-state index contributed by atoms with van der Waals surface area (Å²) in [5.74, 6) is 0. The van der Waals surface area contributed by atoms with Crippen LogP contribution in [-0.2, 0) is 0 Å². The fraction of sp³-hybridized carbons (Fsp3) is 0.909. The van der Waals surface area contributed by atoms with Gasteiger partial charge in [0.2, 0.25) is 0 Å². The van der Waals surface area contributed by atoms with E-state index in [2.05, 4.69) is 49.9 Å². The molecule has 0 aliphatic carbocycles. The molecule has 1 N–H and O–H groups in total. The lowest BCUT2D eigenvalue weighted by molar-refractivity contribution is 0.0980. The van der Waals surface area contributed by atoms with E-state index in [1.807, 2.05) is 0 Å². The van der Waals surface area contributed by atoms with Gasteiger partial charge in [-0.05, 0) is 47.0 Å². The van der Waals surface area contributed by atoms with E-state index in [9.17, 15) is 0 Å². The molecular formula is C11H23N3S. The van der Waals surface area contributed by atoms with Gasteiger partial charge >= 0.3 is 0 Å². The predicted octanol–water partition coefficient (Wildman–Crippen LogP) is 1.29. The normalized spacial score (nSPS) is 28.3. The minimum atomic E-state index is 0.419. The summed E-state index contributed by atoms with van der Waals surface area (Å²) in [6.45, 7) is 10.8. The summed E-state index contributed by atoms with van der Waals surface area (Å²) in [7, 11) is 2.19. The topological polar surface area (TPSA) is 18.5 Å². The smallest absolute Gasteiger partial charge is 0.169 e. The predicted molar refractivity (Wildman–Crippen MR) is 69.1 cm³/mol. The molecule has 3 nitrogen and oxygen atoms in total. The third-order valence-corrected chi connectivity index (χ3v) is 3.44. The van der Waals surface area contributed by atoms with Crippen LogP contribution in [0.5, 0.6) is 0 Å². The lowest BCUT2D eigenvalue weighted by Gasteiger charge is -2.43.